The molecule has 0 aliphatic carbocycles. The number of nitrogens with two attached hydrogens (primary N) is 1. The molecule has 2 aromatic carbocycles. The summed E-state index contributed by atoms with van der Waals surface area (Å²) in [6.45, 7) is 0.341. The molecule has 0 bridgehead atoms. The number of nitrogen functional groups attached to an aromatic ring is 1. The maximum absolute atomic E-state index is 11.4. The number of carbonyl (C=O) groups is 1. The van der Waals surface area contributed by atoms with E-state index in [0.717, 1.165) is 11.1 Å². The number of hydrogen-bond acceptors (Lipinski definition) is 4. The van der Waals surface area contributed by atoms with E-state index in [9.17, 15) is 4.79 Å². The quantitative estimate of drug-likeness (QED) is 0.680. The molecule has 2 N–H and O–H groups in total. The Kier molecular flexibility index (Phi) is 5.06. The van der Waals surface area contributed by atoms with Crippen molar-refractivity contribution in [1.29, 1.82) is 0 Å². The lowest BCUT2D eigenvalue weighted by Gasteiger charge is -2.11. The molecule has 0 saturated heterocycles. The summed E-state index contributed by atoms with van der Waals surface area (Å²) >= 11 is 5.95. The second-order valence-electron chi connectivity index (χ2n) is 4.49. The zero-order valence-electron chi connectivity index (χ0n) is 11.6. The molecule has 110 valence electrons. The Labute approximate surface area is 128 Å². The van der Waals surface area contributed by atoms with Crippen LogP contribution in [0.2, 0.25) is 5.02 Å². The predicted octanol–water partition coefficient (Wildman–Crippen LogP) is 3.22. The third kappa shape index (κ3) is 4.13. The van der Waals surface area contributed by atoms with Crippen LogP contribution in [0.5, 0.6) is 5.75 Å². The highest BCUT2D eigenvalue weighted by Crippen LogP contribution is 2.25. The summed E-state index contributed by atoms with van der Waals surface area (Å²) in [5.41, 5.74) is 7.97. The Hall–Kier alpha value is -2.20. The molecule has 5 heteroatoms. The van der Waals surface area contributed by atoms with Crippen molar-refractivity contribution < 1.29 is 14.3 Å². The Balaban J connectivity index is 2.09. The second kappa shape index (κ2) is 6.99. The first-order valence-corrected chi connectivity index (χ1v) is 6.79. The van der Waals surface area contributed by atoms with Gasteiger partial charge in [0, 0.05) is 6.07 Å². The average Bonchev–Trinajstić information content (AvgIpc) is 2.49. The number of methoxy groups -OCH3 is 1. The Bertz CT molecular complexity index is 643. The summed E-state index contributed by atoms with van der Waals surface area (Å²) in [4.78, 5) is 11.4. The zero-order valence-corrected chi connectivity index (χ0v) is 12.4. The lowest BCUT2D eigenvalue weighted by atomic mass is 10.1. The van der Waals surface area contributed by atoms with Crippen LogP contribution < -0.4 is 10.5 Å². The Morgan fingerprint density at radius 2 is 1.90 bits per heavy atom. The van der Waals surface area contributed by atoms with Gasteiger partial charge in [0.2, 0.25) is 0 Å². The summed E-state index contributed by atoms with van der Waals surface area (Å²) in [5.74, 6) is 0.347. The molecule has 0 aromatic heterocycles. The van der Waals surface area contributed by atoms with Crippen LogP contribution in [-0.2, 0) is 22.6 Å². The molecule has 0 aliphatic rings. The van der Waals surface area contributed by atoms with E-state index < -0.39 is 0 Å². The van der Waals surface area contributed by atoms with Crippen molar-refractivity contribution in [2.45, 2.75) is 13.0 Å². The van der Waals surface area contributed by atoms with Crippen molar-refractivity contribution in [2.24, 2.45) is 0 Å². The lowest BCUT2D eigenvalue weighted by Crippen LogP contribution is -2.08. The van der Waals surface area contributed by atoms with Gasteiger partial charge in [0.15, 0.2) is 0 Å². The molecule has 4 nitrogen and oxygen atoms in total. The number of halogens is 1. The topological polar surface area (TPSA) is 61.5 Å². The fourth-order valence-corrected chi connectivity index (χ4v) is 2.03. The highest BCUT2D eigenvalue weighted by Gasteiger charge is 2.08. The van der Waals surface area contributed by atoms with Gasteiger partial charge in [0.05, 0.1) is 24.2 Å². The fraction of sp³-hybridized carbons (Fsp3) is 0.188. The van der Waals surface area contributed by atoms with E-state index >= 15 is 0 Å². The van der Waals surface area contributed by atoms with Gasteiger partial charge in [-0.2, -0.15) is 0 Å². The summed E-state index contributed by atoms with van der Waals surface area (Å²) in [7, 11) is 1.37. The van der Waals surface area contributed by atoms with Gasteiger partial charge in [-0.1, -0.05) is 35.9 Å². The fourth-order valence-electron chi connectivity index (χ4n) is 1.86. The number of carbonyl (C=O) groups excluding carboxylic acids is 1. The first kappa shape index (κ1) is 15.2. The molecule has 21 heavy (non-hydrogen) atoms. The molecule has 0 unspecified atom stereocenters. The second-order valence-corrected chi connectivity index (χ2v) is 4.90. The molecule has 0 atom stereocenters. The first-order valence-electron chi connectivity index (χ1n) is 6.41. The van der Waals surface area contributed by atoms with Crippen molar-refractivity contribution in [3.8, 4) is 5.75 Å². The molecule has 0 spiro atoms. The summed E-state index contributed by atoms with van der Waals surface area (Å²) < 4.78 is 10.4. The highest BCUT2D eigenvalue weighted by molar-refractivity contribution is 6.33. The summed E-state index contributed by atoms with van der Waals surface area (Å²) in [5, 5.41) is 0.454. The maximum atomic E-state index is 11.4. The third-order valence-corrected chi connectivity index (χ3v) is 3.37. The Morgan fingerprint density at radius 3 is 2.57 bits per heavy atom. The smallest absolute Gasteiger partial charge is 0.309 e. The van der Waals surface area contributed by atoms with E-state index in [0.29, 0.717) is 23.1 Å². The molecule has 0 fully saturated rings. The van der Waals surface area contributed by atoms with E-state index in [1.54, 1.807) is 18.2 Å². The number of anilines is 1. The minimum Gasteiger partial charge on any atom is -0.489 e. The molecular formula is C16H16ClNO3. The van der Waals surface area contributed by atoms with Crippen LogP contribution in [0.4, 0.5) is 5.69 Å². The van der Waals surface area contributed by atoms with Crippen LogP contribution in [0.15, 0.2) is 42.5 Å². The lowest BCUT2D eigenvalue weighted by molar-refractivity contribution is -0.139. The number of esters is 1. The zero-order chi connectivity index (χ0) is 15.2. The van der Waals surface area contributed by atoms with E-state index in [-0.39, 0.29) is 12.4 Å². The third-order valence-electron chi connectivity index (χ3n) is 3.05. The van der Waals surface area contributed by atoms with Crippen LogP contribution in [0.25, 0.3) is 0 Å². The van der Waals surface area contributed by atoms with Crippen LogP contribution >= 0.6 is 11.6 Å². The van der Waals surface area contributed by atoms with Crippen LogP contribution in [0.1, 0.15) is 11.1 Å². The molecular weight excluding hydrogens is 290 g/mol. The minimum atomic E-state index is -0.280. The molecule has 0 saturated carbocycles. The molecule has 0 amide bonds. The first-order chi connectivity index (χ1) is 10.1. The van der Waals surface area contributed by atoms with Gasteiger partial charge < -0.3 is 15.2 Å². The molecule has 0 aliphatic heterocycles. The highest BCUT2D eigenvalue weighted by atomic mass is 35.5. The monoisotopic (exact) mass is 305 g/mol. The van der Waals surface area contributed by atoms with E-state index in [1.807, 2.05) is 24.3 Å². The van der Waals surface area contributed by atoms with Crippen molar-refractivity contribution in [1.82, 2.24) is 0 Å². The SMILES string of the molecule is COC(=O)Cc1ccccc1COc1ccc(N)c(Cl)c1. The number of ether oxygens (including phenoxy) is 2. The molecule has 2 aromatic rings. The number of hydrogen-bond donors (Lipinski definition) is 1. The van der Waals surface area contributed by atoms with Crippen molar-refractivity contribution in [3.05, 3.63) is 58.6 Å². The van der Waals surface area contributed by atoms with Gasteiger partial charge in [-0.15, -0.1) is 0 Å². The summed E-state index contributed by atoms with van der Waals surface area (Å²) in [6.07, 6.45) is 0.221. The molecule has 2 rings (SSSR count). The van der Waals surface area contributed by atoms with Gasteiger partial charge in [-0.3, -0.25) is 4.79 Å². The maximum Gasteiger partial charge on any atom is 0.309 e. The largest absolute Gasteiger partial charge is 0.489 e. The van der Waals surface area contributed by atoms with Crippen molar-refractivity contribution >= 4 is 23.3 Å². The number of benzene rings is 2. The predicted molar refractivity (Wildman–Crippen MR) is 82.4 cm³/mol. The van der Waals surface area contributed by atoms with Crippen LogP contribution in [0.3, 0.4) is 0 Å². The average molecular weight is 306 g/mol. The van der Waals surface area contributed by atoms with Crippen LogP contribution in [-0.4, -0.2) is 13.1 Å². The van der Waals surface area contributed by atoms with Gasteiger partial charge in [0.1, 0.15) is 12.4 Å². The molecule has 0 heterocycles. The standard InChI is InChI=1S/C16H16ClNO3/c1-20-16(19)8-11-4-2-3-5-12(11)10-21-13-6-7-15(18)14(17)9-13/h2-7,9H,8,10,18H2,1H3. The van der Waals surface area contributed by atoms with Gasteiger partial charge in [-0.05, 0) is 23.3 Å². The van der Waals surface area contributed by atoms with Gasteiger partial charge >= 0.3 is 5.97 Å². The van der Waals surface area contributed by atoms with E-state index in [2.05, 4.69) is 4.74 Å². The van der Waals surface area contributed by atoms with Gasteiger partial charge in [0.25, 0.3) is 0 Å². The van der Waals surface area contributed by atoms with Crippen molar-refractivity contribution in [3.63, 3.8) is 0 Å². The minimum absolute atomic E-state index is 0.221. The molecule has 0 radical (unpaired) electrons. The normalized spacial score (nSPS) is 10.2. The summed E-state index contributed by atoms with van der Waals surface area (Å²) in [6, 6.07) is 12.7. The van der Waals surface area contributed by atoms with Gasteiger partial charge in [-0.25, -0.2) is 0 Å². The van der Waals surface area contributed by atoms with E-state index in [1.165, 1.54) is 7.11 Å². The van der Waals surface area contributed by atoms with Crippen molar-refractivity contribution in [2.75, 3.05) is 12.8 Å². The number of rotatable bonds is 5. The van der Waals surface area contributed by atoms with E-state index in [4.69, 9.17) is 22.1 Å². The Morgan fingerprint density at radius 1 is 1.19 bits per heavy atom. The van der Waals surface area contributed by atoms with Crippen LogP contribution in [0, 0.1) is 0 Å².